The molecule has 4 aromatic rings. The molecule has 9 heteroatoms. The van der Waals surface area contributed by atoms with E-state index in [0.717, 1.165) is 28.1 Å². The molecule has 1 N–H and O–H groups in total. The molecule has 2 aromatic carbocycles. The topological polar surface area (TPSA) is 94.8 Å². The van der Waals surface area contributed by atoms with Crippen LogP contribution in [0.1, 0.15) is 29.2 Å². The fraction of sp³-hybridized carbons (Fsp3) is 0.174. The smallest absolute Gasteiger partial charge is 0.272 e. The monoisotopic (exact) mass is 430 g/mol. The van der Waals surface area contributed by atoms with Crippen LogP contribution in [-0.2, 0) is 4.79 Å². The second-order valence-electron chi connectivity index (χ2n) is 7.49. The lowest BCUT2D eigenvalue weighted by atomic mass is 9.86. The van der Waals surface area contributed by atoms with Gasteiger partial charge >= 0.3 is 0 Å². The Bertz CT molecular complexity index is 1300. The lowest BCUT2D eigenvalue weighted by molar-refractivity contribution is -0.116. The zero-order valence-electron chi connectivity index (χ0n) is 17.4. The first-order valence-corrected chi connectivity index (χ1v) is 10.0. The maximum atomic E-state index is 13.4. The molecule has 1 amide bonds. The van der Waals surface area contributed by atoms with Gasteiger partial charge in [0.25, 0.3) is 5.95 Å². The van der Waals surface area contributed by atoms with Gasteiger partial charge in [-0.25, -0.2) is 9.37 Å². The highest BCUT2D eigenvalue weighted by molar-refractivity contribution is 5.95. The summed E-state index contributed by atoms with van der Waals surface area (Å²) in [5.74, 6) is 0.751. The lowest BCUT2D eigenvalue weighted by Crippen LogP contribution is -2.25. The van der Waals surface area contributed by atoms with E-state index in [1.165, 1.54) is 16.8 Å². The van der Waals surface area contributed by atoms with Crippen molar-refractivity contribution in [2.45, 2.75) is 19.3 Å². The normalized spacial score (nSPS) is 15.2. The largest absolute Gasteiger partial charge is 0.497 e. The van der Waals surface area contributed by atoms with Crippen LogP contribution in [0, 0.1) is 12.7 Å². The predicted molar refractivity (Wildman–Crippen MR) is 115 cm³/mol. The number of amides is 1. The molecule has 5 rings (SSSR count). The number of methoxy groups -OCH3 is 1. The number of halogens is 1. The molecule has 1 atom stereocenters. The van der Waals surface area contributed by atoms with E-state index in [-0.39, 0.29) is 30.0 Å². The fourth-order valence-corrected chi connectivity index (χ4v) is 3.96. The van der Waals surface area contributed by atoms with Crippen LogP contribution >= 0.6 is 0 Å². The van der Waals surface area contributed by atoms with Gasteiger partial charge < -0.3 is 10.1 Å². The van der Waals surface area contributed by atoms with Crippen LogP contribution in [0.4, 0.5) is 10.2 Å². The quantitative estimate of drug-likeness (QED) is 0.531. The minimum atomic E-state index is -0.323. The van der Waals surface area contributed by atoms with Crippen molar-refractivity contribution in [3.63, 3.8) is 0 Å². The van der Waals surface area contributed by atoms with Crippen LogP contribution in [0.3, 0.4) is 0 Å². The van der Waals surface area contributed by atoms with Crippen molar-refractivity contribution < 1.29 is 13.9 Å². The molecular formula is C23H19FN6O2. The zero-order valence-corrected chi connectivity index (χ0v) is 17.4. The number of aryl methyl sites for hydroxylation is 1. The van der Waals surface area contributed by atoms with E-state index in [9.17, 15) is 9.18 Å². The van der Waals surface area contributed by atoms with Crippen molar-refractivity contribution in [1.82, 2.24) is 25.0 Å². The highest BCUT2D eigenvalue weighted by atomic mass is 19.1. The van der Waals surface area contributed by atoms with Crippen molar-refractivity contribution in [1.29, 1.82) is 0 Å². The Labute approximate surface area is 183 Å². The maximum Gasteiger partial charge on any atom is 0.272 e. The van der Waals surface area contributed by atoms with Crippen molar-refractivity contribution in [3.05, 3.63) is 77.4 Å². The van der Waals surface area contributed by atoms with E-state index in [2.05, 4.69) is 25.6 Å². The Morgan fingerprint density at radius 3 is 2.59 bits per heavy atom. The predicted octanol–water partition coefficient (Wildman–Crippen LogP) is 3.65. The lowest BCUT2D eigenvalue weighted by Gasteiger charge is -2.24. The van der Waals surface area contributed by atoms with E-state index >= 15 is 0 Å². The molecule has 0 aliphatic carbocycles. The van der Waals surface area contributed by atoms with Gasteiger partial charge in [0.2, 0.25) is 5.91 Å². The number of hydrogen-bond acceptors (Lipinski definition) is 6. The highest BCUT2D eigenvalue weighted by Gasteiger charge is 2.33. The summed E-state index contributed by atoms with van der Waals surface area (Å²) in [6.45, 7) is 1.87. The Kier molecular flexibility index (Phi) is 4.85. The molecule has 8 nitrogen and oxygen atoms in total. The molecule has 0 spiro atoms. The van der Waals surface area contributed by atoms with Crippen LogP contribution in [0.15, 0.2) is 54.7 Å². The number of benzene rings is 2. The van der Waals surface area contributed by atoms with Crippen LogP contribution in [-0.4, -0.2) is 38.0 Å². The van der Waals surface area contributed by atoms with E-state index in [1.54, 1.807) is 25.4 Å². The molecule has 0 fully saturated rings. The number of fused-ring (bicyclic) bond motifs is 1. The van der Waals surface area contributed by atoms with Crippen molar-refractivity contribution in [2.75, 3.05) is 12.4 Å². The molecule has 0 bridgehead atoms. The molecular weight excluding hydrogens is 411 g/mol. The molecule has 3 heterocycles. The molecule has 0 unspecified atom stereocenters. The van der Waals surface area contributed by atoms with Gasteiger partial charge in [-0.3, -0.25) is 4.79 Å². The first-order chi connectivity index (χ1) is 15.5. The molecule has 1 aliphatic rings. The van der Waals surface area contributed by atoms with Gasteiger partial charge in [0.05, 0.1) is 24.7 Å². The summed E-state index contributed by atoms with van der Waals surface area (Å²) in [6, 6.07) is 13.6. The first kappa shape index (κ1) is 19.8. The summed E-state index contributed by atoms with van der Waals surface area (Å²) >= 11 is 0. The van der Waals surface area contributed by atoms with Crippen molar-refractivity contribution >= 4 is 11.7 Å². The summed E-state index contributed by atoms with van der Waals surface area (Å²) in [7, 11) is 1.61. The summed E-state index contributed by atoms with van der Waals surface area (Å²) < 4.78 is 20.1. The van der Waals surface area contributed by atoms with Gasteiger partial charge in [-0.15, -0.1) is 5.10 Å². The number of anilines is 1. The van der Waals surface area contributed by atoms with Crippen LogP contribution in [0.5, 0.6) is 5.75 Å². The number of rotatable bonds is 4. The number of nitrogens with one attached hydrogen (secondary N) is 1. The van der Waals surface area contributed by atoms with Crippen LogP contribution < -0.4 is 10.1 Å². The van der Waals surface area contributed by atoms with Crippen LogP contribution in [0.2, 0.25) is 0 Å². The number of hydrogen-bond donors (Lipinski definition) is 1. The van der Waals surface area contributed by atoms with Crippen LogP contribution in [0.25, 0.3) is 17.2 Å². The Hall–Kier alpha value is -4.14. The number of carbonyl (C=O) groups excluding carboxylic acids is 1. The maximum absolute atomic E-state index is 13.4. The summed E-state index contributed by atoms with van der Waals surface area (Å²) in [5.41, 5.74) is 3.88. The minimum Gasteiger partial charge on any atom is -0.497 e. The third-order valence-electron chi connectivity index (χ3n) is 5.50. The fourth-order valence-electron chi connectivity index (χ4n) is 3.96. The Morgan fingerprint density at radius 2 is 1.88 bits per heavy atom. The third kappa shape index (κ3) is 3.47. The van der Waals surface area contributed by atoms with Crippen molar-refractivity contribution in [2.24, 2.45) is 0 Å². The van der Waals surface area contributed by atoms with E-state index in [1.807, 2.05) is 31.2 Å². The zero-order chi connectivity index (χ0) is 22.2. The molecule has 0 saturated carbocycles. The van der Waals surface area contributed by atoms with E-state index < -0.39 is 0 Å². The summed E-state index contributed by atoms with van der Waals surface area (Å²) in [6.07, 6.45) is 1.81. The second-order valence-corrected chi connectivity index (χ2v) is 7.49. The number of ether oxygens (including phenoxy) is 1. The Balaban J connectivity index is 1.58. The summed E-state index contributed by atoms with van der Waals surface area (Å²) in [4.78, 5) is 17.1. The molecule has 160 valence electrons. The van der Waals surface area contributed by atoms with Crippen molar-refractivity contribution in [3.8, 4) is 23.0 Å². The second kappa shape index (κ2) is 7.84. The van der Waals surface area contributed by atoms with Gasteiger partial charge in [0.1, 0.15) is 17.4 Å². The SMILES string of the molecule is COc1ccc(-c2cnnc(-n3nc(C)c4c3NC(=O)C[C@H]4c3ccc(F)cc3)n2)cc1. The van der Waals surface area contributed by atoms with Gasteiger partial charge in [-0.05, 0) is 48.9 Å². The molecule has 0 saturated heterocycles. The van der Waals surface area contributed by atoms with E-state index in [4.69, 9.17) is 4.74 Å². The number of nitrogens with zero attached hydrogens (tertiary/aromatic N) is 5. The molecule has 32 heavy (non-hydrogen) atoms. The summed E-state index contributed by atoms with van der Waals surface area (Å²) in [5, 5.41) is 15.7. The number of carbonyl (C=O) groups is 1. The standard InChI is InChI=1S/C23H19FN6O2/c1-13-21-18(14-3-7-16(24)8-4-14)11-20(31)27-22(21)30(29-13)23-26-19(12-25-28-23)15-5-9-17(32-2)10-6-15/h3-10,12,18H,11H2,1-2H3,(H,27,31)/t18-/m0/s1. The molecule has 2 aromatic heterocycles. The minimum absolute atomic E-state index is 0.160. The van der Waals surface area contributed by atoms with Gasteiger partial charge in [-0.2, -0.15) is 14.9 Å². The van der Waals surface area contributed by atoms with Gasteiger partial charge in [0.15, 0.2) is 0 Å². The highest BCUT2D eigenvalue weighted by Crippen LogP contribution is 2.39. The first-order valence-electron chi connectivity index (χ1n) is 10.0. The number of aromatic nitrogens is 5. The average Bonchev–Trinajstić information content (AvgIpc) is 3.15. The van der Waals surface area contributed by atoms with E-state index in [0.29, 0.717) is 11.5 Å². The molecule has 1 aliphatic heterocycles. The Morgan fingerprint density at radius 1 is 1.12 bits per heavy atom. The molecule has 0 radical (unpaired) electrons. The third-order valence-corrected chi connectivity index (χ3v) is 5.50. The van der Waals surface area contributed by atoms with Gasteiger partial charge in [0, 0.05) is 23.5 Å². The van der Waals surface area contributed by atoms with Gasteiger partial charge in [-0.1, -0.05) is 12.1 Å². The average molecular weight is 430 g/mol.